The molecular weight excluding hydrogens is 224 g/mol. The topological polar surface area (TPSA) is 91.8 Å². The molecule has 0 atom stereocenters. The van der Waals surface area contributed by atoms with Gasteiger partial charge in [-0.25, -0.2) is 0 Å². The van der Waals surface area contributed by atoms with Crippen molar-refractivity contribution in [2.75, 3.05) is 12.5 Å². The van der Waals surface area contributed by atoms with Crippen LogP contribution in [0.5, 0.6) is 5.75 Å². The maximum Gasteiger partial charge on any atom is 0.295 e. The Bertz CT molecular complexity index is 463. The highest BCUT2D eigenvalue weighted by molar-refractivity contribution is 6.67. The van der Waals surface area contributed by atoms with E-state index in [1.807, 2.05) is 0 Å². The molecule has 0 radical (unpaired) electrons. The Morgan fingerprint density at radius 3 is 2.24 bits per heavy atom. The Morgan fingerprint density at radius 1 is 1.12 bits per heavy atom. The molecule has 0 bridgehead atoms. The van der Waals surface area contributed by atoms with Gasteiger partial charge in [-0.3, -0.25) is 25.9 Å². The van der Waals surface area contributed by atoms with Crippen LogP contribution in [0.2, 0.25) is 0 Å². The Morgan fingerprint density at radius 2 is 1.71 bits per heavy atom. The molecule has 1 aliphatic heterocycles. The first-order valence-corrected chi connectivity index (χ1v) is 4.79. The van der Waals surface area contributed by atoms with Gasteiger partial charge in [0.1, 0.15) is 5.75 Å². The number of amides is 2. The van der Waals surface area contributed by atoms with Crippen molar-refractivity contribution in [1.82, 2.24) is 10.9 Å². The summed E-state index contributed by atoms with van der Waals surface area (Å²) in [5.41, 5.74) is 7.34. The van der Waals surface area contributed by atoms with Crippen molar-refractivity contribution in [3.8, 4) is 5.75 Å². The zero-order chi connectivity index (χ0) is 12.3. The second-order valence-electron chi connectivity index (χ2n) is 3.21. The summed E-state index contributed by atoms with van der Waals surface area (Å²) in [5, 5.41) is 3.71. The fraction of sp³-hybridized carbons (Fsp3) is 0.100. The van der Waals surface area contributed by atoms with Crippen molar-refractivity contribution >= 4 is 23.2 Å². The summed E-state index contributed by atoms with van der Waals surface area (Å²) in [7, 11) is 1.57. The predicted octanol–water partition coefficient (Wildman–Crippen LogP) is -0.376. The van der Waals surface area contributed by atoms with Gasteiger partial charge in [-0.1, -0.05) is 0 Å². The van der Waals surface area contributed by atoms with E-state index >= 15 is 0 Å². The summed E-state index contributed by atoms with van der Waals surface area (Å²) < 4.78 is 4.99. The largest absolute Gasteiger partial charge is 0.497 e. The van der Waals surface area contributed by atoms with Crippen molar-refractivity contribution < 1.29 is 14.3 Å². The molecule has 7 nitrogen and oxygen atoms in total. The zero-order valence-electron chi connectivity index (χ0n) is 8.98. The smallest absolute Gasteiger partial charge is 0.295 e. The molecular formula is C10H10N4O3. The zero-order valence-corrected chi connectivity index (χ0v) is 8.98. The number of ether oxygens (including phenoxy) is 1. The second-order valence-corrected chi connectivity index (χ2v) is 3.21. The third-order valence-corrected chi connectivity index (χ3v) is 2.11. The van der Waals surface area contributed by atoms with Crippen LogP contribution in [-0.2, 0) is 9.59 Å². The van der Waals surface area contributed by atoms with Crippen LogP contribution in [0.3, 0.4) is 0 Å². The maximum atomic E-state index is 11.1. The van der Waals surface area contributed by atoms with E-state index in [9.17, 15) is 9.59 Å². The molecule has 0 aromatic heterocycles. The number of hydrazone groups is 1. The Balaban J connectivity index is 2.08. The third kappa shape index (κ3) is 2.33. The fourth-order valence-electron chi connectivity index (χ4n) is 1.22. The summed E-state index contributed by atoms with van der Waals surface area (Å²) in [6, 6.07) is 6.90. The molecule has 2 amide bonds. The van der Waals surface area contributed by atoms with E-state index in [-0.39, 0.29) is 5.71 Å². The lowest BCUT2D eigenvalue weighted by Crippen LogP contribution is -2.28. The molecule has 7 heteroatoms. The molecule has 17 heavy (non-hydrogen) atoms. The number of methoxy groups -OCH3 is 1. The van der Waals surface area contributed by atoms with Crippen molar-refractivity contribution in [1.29, 1.82) is 0 Å². The van der Waals surface area contributed by atoms with Gasteiger partial charge in [0, 0.05) is 0 Å². The number of anilines is 1. The number of nitrogens with one attached hydrogen (secondary N) is 3. The van der Waals surface area contributed by atoms with E-state index in [0.717, 1.165) is 0 Å². The number of hydrogen-bond acceptors (Lipinski definition) is 5. The van der Waals surface area contributed by atoms with Gasteiger partial charge in [-0.2, -0.15) is 5.10 Å². The fourth-order valence-corrected chi connectivity index (χ4v) is 1.22. The molecule has 1 aromatic carbocycles. The van der Waals surface area contributed by atoms with E-state index in [1.165, 1.54) is 0 Å². The number of hydrazine groups is 1. The van der Waals surface area contributed by atoms with Gasteiger partial charge in [-0.15, -0.1) is 0 Å². The summed E-state index contributed by atoms with van der Waals surface area (Å²) in [6.07, 6.45) is 0. The summed E-state index contributed by atoms with van der Waals surface area (Å²) in [5.74, 6) is -0.411. The third-order valence-electron chi connectivity index (χ3n) is 2.11. The molecule has 1 aromatic rings. The van der Waals surface area contributed by atoms with Gasteiger partial charge in [0.2, 0.25) is 5.71 Å². The van der Waals surface area contributed by atoms with Gasteiger partial charge in [-0.05, 0) is 24.3 Å². The minimum absolute atomic E-state index is 0.208. The van der Waals surface area contributed by atoms with Gasteiger partial charge < -0.3 is 4.74 Å². The molecule has 0 aliphatic carbocycles. The standard InChI is InChI=1S/C10H10N4O3/c1-17-7-4-2-6(3-5-7)11-12-8-9(15)13-14-10(8)16/h2-5,11H,1H3,(H2,12,13,14,15,16). The minimum atomic E-state index is -0.559. The van der Waals surface area contributed by atoms with Crippen LogP contribution in [0.4, 0.5) is 5.69 Å². The monoisotopic (exact) mass is 234 g/mol. The van der Waals surface area contributed by atoms with E-state index in [0.29, 0.717) is 11.4 Å². The minimum Gasteiger partial charge on any atom is -0.497 e. The average molecular weight is 234 g/mol. The molecule has 88 valence electrons. The lowest BCUT2D eigenvalue weighted by Gasteiger charge is -2.02. The van der Waals surface area contributed by atoms with E-state index in [4.69, 9.17) is 4.74 Å². The number of carbonyl (C=O) groups is 2. The first-order valence-electron chi connectivity index (χ1n) is 4.79. The first kappa shape index (κ1) is 10.9. The molecule has 0 spiro atoms. The van der Waals surface area contributed by atoms with E-state index < -0.39 is 11.8 Å². The van der Waals surface area contributed by atoms with Crippen LogP contribution in [0, 0.1) is 0 Å². The van der Waals surface area contributed by atoms with Crippen molar-refractivity contribution in [2.24, 2.45) is 5.10 Å². The molecule has 1 aliphatic rings. The normalized spacial score (nSPS) is 14.1. The van der Waals surface area contributed by atoms with Gasteiger partial charge in [0.25, 0.3) is 11.8 Å². The quantitative estimate of drug-likeness (QED) is 0.622. The number of benzene rings is 1. The Labute approximate surface area is 96.8 Å². The SMILES string of the molecule is COc1ccc(NN=C2C(=O)NNC2=O)cc1. The summed E-state index contributed by atoms with van der Waals surface area (Å²) in [4.78, 5) is 22.2. The maximum absolute atomic E-state index is 11.1. The molecule has 1 fully saturated rings. The molecule has 2 rings (SSSR count). The lowest BCUT2D eigenvalue weighted by atomic mass is 10.3. The number of hydrogen-bond donors (Lipinski definition) is 3. The number of rotatable bonds is 3. The number of nitrogens with zero attached hydrogens (tertiary/aromatic N) is 1. The summed E-state index contributed by atoms with van der Waals surface area (Å²) in [6.45, 7) is 0. The molecule has 0 unspecified atom stereocenters. The van der Waals surface area contributed by atoms with Crippen LogP contribution in [0.25, 0.3) is 0 Å². The molecule has 1 saturated heterocycles. The van der Waals surface area contributed by atoms with E-state index in [1.54, 1.807) is 31.4 Å². The summed E-state index contributed by atoms with van der Waals surface area (Å²) >= 11 is 0. The Hall–Kier alpha value is -2.57. The van der Waals surface area contributed by atoms with Crippen molar-refractivity contribution in [3.63, 3.8) is 0 Å². The van der Waals surface area contributed by atoms with Crippen LogP contribution in [-0.4, -0.2) is 24.6 Å². The highest BCUT2D eigenvalue weighted by Gasteiger charge is 2.27. The molecule has 1 heterocycles. The highest BCUT2D eigenvalue weighted by Crippen LogP contribution is 2.14. The second kappa shape index (κ2) is 4.52. The highest BCUT2D eigenvalue weighted by atomic mass is 16.5. The van der Waals surface area contributed by atoms with Gasteiger partial charge >= 0.3 is 0 Å². The van der Waals surface area contributed by atoms with Gasteiger partial charge in [0.15, 0.2) is 0 Å². The van der Waals surface area contributed by atoms with Crippen molar-refractivity contribution in [3.05, 3.63) is 24.3 Å². The average Bonchev–Trinajstić information content (AvgIpc) is 2.67. The van der Waals surface area contributed by atoms with Crippen LogP contribution >= 0.6 is 0 Å². The van der Waals surface area contributed by atoms with Crippen LogP contribution in [0.15, 0.2) is 29.4 Å². The van der Waals surface area contributed by atoms with Gasteiger partial charge in [0.05, 0.1) is 12.8 Å². The van der Waals surface area contributed by atoms with E-state index in [2.05, 4.69) is 21.4 Å². The van der Waals surface area contributed by atoms with Crippen LogP contribution in [0.1, 0.15) is 0 Å². The Kier molecular flexibility index (Phi) is 2.91. The molecule has 0 saturated carbocycles. The lowest BCUT2D eigenvalue weighted by molar-refractivity contribution is -0.116. The predicted molar refractivity (Wildman–Crippen MR) is 60.3 cm³/mol. The van der Waals surface area contributed by atoms with Crippen molar-refractivity contribution in [2.45, 2.75) is 0 Å². The first-order chi connectivity index (χ1) is 8.20. The molecule has 3 N–H and O–H groups in total. The van der Waals surface area contributed by atoms with Crippen LogP contribution < -0.4 is 21.0 Å². The number of carbonyl (C=O) groups excluding carboxylic acids is 2.